The van der Waals surface area contributed by atoms with Crippen LogP contribution in [0.15, 0.2) is 81.5 Å². The van der Waals surface area contributed by atoms with Crippen LogP contribution in [-0.4, -0.2) is 10.2 Å². The lowest BCUT2D eigenvalue weighted by Gasteiger charge is -2.23. The maximum Gasteiger partial charge on any atom is 0.244 e. The zero-order chi connectivity index (χ0) is 20.0. The summed E-state index contributed by atoms with van der Waals surface area (Å²) < 4.78 is 11.3. The second kappa shape index (κ2) is 6.39. The van der Waals surface area contributed by atoms with Crippen molar-refractivity contribution in [3.05, 3.63) is 93.7 Å². The van der Waals surface area contributed by atoms with E-state index >= 15 is 0 Å². The van der Waals surface area contributed by atoms with E-state index in [2.05, 4.69) is 16.3 Å². The van der Waals surface area contributed by atoms with Gasteiger partial charge in [-0.2, -0.15) is 5.26 Å². The molecule has 0 aliphatic carbocycles. The Morgan fingerprint density at radius 2 is 1.86 bits per heavy atom. The number of para-hydroxylation sites is 1. The number of hydrogen-bond acceptors (Lipinski definition) is 6. The smallest absolute Gasteiger partial charge is 0.244 e. The first kappa shape index (κ1) is 16.8. The molecule has 7 heteroatoms. The highest BCUT2D eigenvalue weighted by Crippen LogP contribution is 2.44. The van der Waals surface area contributed by atoms with Crippen LogP contribution < -0.4 is 15.9 Å². The standard InChI is InChI=1S/C22H14N4O3/c23-10-14-17(15-11-28-16-9-5-4-8-13(16)20(15)27)18-19(12-6-2-1-3-7-12)25-26-22(18)29-21(14)24/h1-9,11,17H,24H2,(H,25,26). The fourth-order valence-electron chi connectivity index (χ4n) is 3.67. The maximum absolute atomic E-state index is 13.3. The first-order chi connectivity index (χ1) is 14.2. The number of aromatic nitrogens is 2. The topological polar surface area (TPSA) is 118 Å². The van der Waals surface area contributed by atoms with Crippen molar-refractivity contribution in [3.63, 3.8) is 0 Å². The van der Waals surface area contributed by atoms with Crippen molar-refractivity contribution in [2.75, 3.05) is 0 Å². The number of rotatable bonds is 2. The molecule has 140 valence electrons. The Balaban J connectivity index is 1.81. The number of benzene rings is 2. The largest absolute Gasteiger partial charge is 0.464 e. The number of nitriles is 1. The molecule has 7 nitrogen and oxygen atoms in total. The van der Waals surface area contributed by atoms with Gasteiger partial charge in [0.15, 0.2) is 5.43 Å². The van der Waals surface area contributed by atoms with Gasteiger partial charge in [0.05, 0.1) is 28.8 Å². The van der Waals surface area contributed by atoms with Crippen molar-refractivity contribution in [1.82, 2.24) is 10.2 Å². The maximum atomic E-state index is 13.3. The molecule has 1 aliphatic rings. The van der Waals surface area contributed by atoms with Crippen LogP contribution in [0, 0.1) is 11.3 Å². The third kappa shape index (κ3) is 2.51. The molecule has 2 aromatic carbocycles. The van der Waals surface area contributed by atoms with Crippen LogP contribution >= 0.6 is 0 Å². The molecule has 1 unspecified atom stereocenters. The van der Waals surface area contributed by atoms with Gasteiger partial charge < -0.3 is 14.9 Å². The lowest BCUT2D eigenvalue weighted by Crippen LogP contribution is -2.24. The minimum Gasteiger partial charge on any atom is -0.464 e. The predicted molar refractivity (Wildman–Crippen MR) is 106 cm³/mol. The molecule has 0 spiro atoms. The Kier molecular flexibility index (Phi) is 3.71. The normalized spacial score (nSPS) is 15.6. The number of ether oxygens (including phenoxy) is 1. The highest BCUT2D eigenvalue weighted by Gasteiger charge is 2.37. The van der Waals surface area contributed by atoms with Crippen molar-refractivity contribution in [2.24, 2.45) is 5.73 Å². The molecule has 5 rings (SSSR count). The van der Waals surface area contributed by atoms with E-state index < -0.39 is 5.92 Å². The number of aromatic amines is 1. The van der Waals surface area contributed by atoms with Gasteiger partial charge in [-0.15, -0.1) is 5.10 Å². The molecule has 1 atom stereocenters. The molecule has 0 amide bonds. The average molecular weight is 382 g/mol. The summed E-state index contributed by atoms with van der Waals surface area (Å²) in [5.41, 5.74) is 8.74. The molecule has 4 aromatic rings. The summed E-state index contributed by atoms with van der Waals surface area (Å²) in [6.07, 6.45) is 1.39. The van der Waals surface area contributed by atoms with Crippen molar-refractivity contribution in [3.8, 4) is 23.2 Å². The number of H-pyrrole nitrogens is 1. The zero-order valence-electron chi connectivity index (χ0n) is 15.0. The number of nitrogens with one attached hydrogen (secondary N) is 1. The SMILES string of the molecule is N#CC1=C(N)Oc2n[nH]c(-c3ccccc3)c2C1c1coc2ccccc2c1=O. The van der Waals surface area contributed by atoms with Crippen molar-refractivity contribution >= 4 is 11.0 Å². The minimum atomic E-state index is -0.765. The summed E-state index contributed by atoms with van der Waals surface area (Å²) in [7, 11) is 0. The summed E-state index contributed by atoms with van der Waals surface area (Å²) in [6, 6.07) is 18.6. The van der Waals surface area contributed by atoms with Gasteiger partial charge >= 0.3 is 0 Å². The number of nitrogens with zero attached hydrogens (tertiary/aromatic N) is 2. The van der Waals surface area contributed by atoms with Crippen molar-refractivity contribution < 1.29 is 9.15 Å². The van der Waals surface area contributed by atoms with Crippen LogP contribution in [0.5, 0.6) is 5.88 Å². The highest BCUT2D eigenvalue weighted by molar-refractivity contribution is 5.78. The fourth-order valence-corrected chi connectivity index (χ4v) is 3.67. The van der Waals surface area contributed by atoms with E-state index in [1.807, 2.05) is 30.3 Å². The molecule has 1 aliphatic heterocycles. The fraction of sp³-hybridized carbons (Fsp3) is 0.0455. The molecule has 0 fully saturated rings. The lowest BCUT2D eigenvalue weighted by molar-refractivity contribution is 0.378. The summed E-state index contributed by atoms with van der Waals surface area (Å²) in [6.45, 7) is 0. The molecule has 2 aromatic heterocycles. The number of nitrogens with two attached hydrogens (primary N) is 1. The number of hydrogen-bond donors (Lipinski definition) is 2. The first-order valence-electron chi connectivity index (χ1n) is 8.90. The van der Waals surface area contributed by atoms with Crippen molar-refractivity contribution in [1.29, 1.82) is 5.26 Å². The van der Waals surface area contributed by atoms with E-state index in [-0.39, 0.29) is 22.8 Å². The molecule has 29 heavy (non-hydrogen) atoms. The molecule has 0 radical (unpaired) electrons. The number of allylic oxidation sites excluding steroid dienone is 1. The molecule has 0 saturated carbocycles. The second-order valence-corrected chi connectivity index (χ2v) is 6.62. The summed E-state index contributed by atoms with van der Waals surface area (Å²) >= 11 is 0. The van der Waals surface area contributed by atoms with Gasteiger partial charge in [-0.05, 0) is 17.7 Å². The summed E-state index contributed by atoms with van der Waals surface area (Å²) in [4.78, 5) is 13.3. The zero-order valence-corrected chi connectivity index (χ0v) is 15.0. The average Bonchev–Trinajstić information content (AvgIpc) is 3.17. The molecular formula is C22H14N4O3. The van der Waals surface area contributed by atoms with E-state index in [0.717, 1.165) is 5.56 Å². The van der Waals surface area contributed by atoms with Gasteiger partial charge in [0.2, 0.25) is 11.8 Å². The Morgan fingerprint density at radius 3 is 2.66 bits per heavy atom. The Labute approximate surface area is 164 Å². The van der Waals surface area contributed by atoms with Crippen LogP contribution in [-0.2, 0) is 0 Å². The van der Waals surface area contributed by atoms with Gasteiger partial charge in [0.25, 0.3) is 0 Å². The van der Waals surface area contributed by atoms with Crippen LogP contribution in [0.25, 0.3) is 22.2 Å². The second-order valence-electron chi connectivity index (χ2n) is 6.62. The Morgan fingerprint density at radius 1 is 1.10 bits per heavy atom. The third-order valence-corrected chi connectivity index (χ3v) is 5.02. The molecule has 3 N–H and O–H groups in total. The number of fused-ring (bicyclic) bond motifs is 2. The Hall–Kier alpha value is -4.31. The highest BCUT2D eigenvalue weighted by atomic mass is 16.5. The molecule has 0 saturated heterocycles. The monoisotopic (exact) mass is 382 g/mol. The lowest BCUT2D eigenvalue weighted by atomic mass is 9.83. The van der Waals surface area contributed by atoms with Gasteiger partial charge in [-0.25, -0.2) is 0 Å². The molecular weight excluding hydrogens is 368 g/mol. The van der Waals surface area contributed by atoms with Crippen LogP contribution in [0.3, 0.4) is 0 Å². The summed E-state index contributed by atoms with van der Waals surface area (Å²) in [5, 5.41) is 17.4. The molecule has 3 heterocycles. The van der Waals surface area contributed by atoms with E-state index in [9.17, 15) is 10.1 Å². The van der Waals surface area contributed by atoms with Crippen LogP contribution in [0.1, 0.15) is 17.0 Å². The third-order valence-electron chi connectivity index (χ3n) is 5.02. The predicted octanol–water partition coefficient (Wildman–Crippen LogP) is 3.40. The molecule has 0 bridgehead atoms. The van der Waals surface area contributed by atoms with Gasteiger partial charge in [0.1, 0.15) is 17.2 Å². The van der Waals surface area contributed by atoms with Crippen LogP contribution in [0.4, 0.5) is 0 Å². The summed E-state index contributed by atoms with van der Waals surface area (Å²) in [5.74, 6) is -0.611. The minimum absolute atomic E-state index is 0.0799. The van der Waals surface area contributed by atoms with Crippen LogP contribution in [0.2, 0.25) is 0 Å². The first-order valence-corrected chi connectivity index (χ1v) is 8.90. The van der Waals surface area contributed by atoms with Gasteiger partial charge in [0, 0.05) is 5.56 Å². The van der Waals surface area contributed by atoms with Crippen molar-refractivity contribution in [2.45, 2.75) is 5.92 Å². The van der Waals surface area contributed by atoms with E-state index in [4.69, 9.17) is 14.9 Å². The van der Waals surface area contributed by atoms with Gasteiger partial charge in [-0.1, -0.05) is 42.5 Å². The Bertz CT molecular complexity index is 1380. The van der Waals surface area contributed by atoms with E-state index in [0.29, 0.717) is 27.8 Å². The van der Waals surface area contributed by atoms with E-state index in [1.54, 1.807) is 24.3 Å². The van der Waals surface area contributed by atoms with Gasteiger partial charge in [-0.3, -0.25) is 9.89 Å². The quantitative estimate of drug-likeness (QED) is 0.548. The van der Waals surface area contributed by atoms with E-state index in [1.165, 1.54) is 6.26 Å².